The molecule has 1 saturated heterocycles. The molecule has 1 saturated carbocycles. The average Bonchev–Trinajstić information content (AvgIpc) is 2.76. The first-order chi connectivity index (χ1) is 14.2. The summed E-state index contributed by atoms with van der Waals surface area (Å²) in [5, 5.41) is 6.61. The van der Waals surface area contributed by atoms with Gasteiger partial charge in [0.05, 0.1) is 19.4 Å². The predicted molar refractivity (Wildman–Crippen MR) is 109 cm³/mol. The Morgan fingerprint density at radius 3 is 2.83 bits per heavy atom. The Bertz CT molecular complexity index is 946. The van der Waals surface area contributed by atoms with E-state index in [0.717, 1.165) is 25.7 Å². The molecule has 1 N–H and O–H groups in total. The van der Waals surface area contributed by atoms with E-state index >= 15 is 0 Å². The zero-order valence-corrected chi connectivity index (χ0v) is 16.2. The van der Waals surface area contributed by atoms with E-state index in [1.165, 1.54) is 17.0 Å². The molecule has 3 heterocycles. The Balaban J connectivity index is 1.56. The molecule has 2 aromatic rings. The third-order valence-electron chi connectivity index (χ3n) is 5.30. The van der Waals surface area contributed by atoms with Crippen LogP contribution in [0.1, 0.15) is 37.7 Å². The molecule has 1 aliphatic carbocycles. The number of rotatable bonds is 4. The van der Waals surface area contributed by atoms with Gasteiger partial charge in [-0.3, -0.25) is 14.0 Å². The fraction of sp³-hybridized carbons (Fsp3) is 0.500. The molecule has 0 radical (unpaired) electrons. The van der Waals surface area contributed by atoms with E-state index in [9.17, 15) is 9.59 Å². The van der Waals surface area contributed by atoms with Crippen LogP contribution >= 0.6 is 0 Å². The molecular weight excluding hydrogens is 374 g/mol. The summed E-state index contributed by atoms with van der Waals surface area (Å²) in [6.07, 6.45) is 7.66. The lowest BCUT2D eigenvalue weighted by Gasteiger charge is -2.28. The highest BCUT2D eigenvalue weighted by Gasteiger charge is 2.20. The van der Waals surface area contributed by atoms with Crippen LogP contribution in [-0.2, 0) is 9.57 Å². The zero-order valence-electron chi connectivity index (χ0n) is 16.2. The topological polar surface area (TPSA) is 97.5 Å². The number of amides is 1. The Kier molecular flexibility index (Phi) is 6.04. The Morgan fingerprint density at radius 1 is 1.24 bits per heavy atom. The summed E-state index contributed by atoms with van der Waals surface area (Å²) in [5.74, 6) is 0.518. The number of ether oxygens (including phenoxy) is 1. The fourth-order valence-corrected chi connectivity index (χ4v) is 3.79. The average molecular weight is 399 g/mol. The lowest BCUT2D eigenvalue weighted by Crippen LogP contribution is -2.39. The number of fused-ring (bicyclic) bond motifs is 1. The normalized spacial score (nSPS) is 18.3. The third kappa shape index (κ3) is 4.56. The van der Waals surface area contributed by atoms with Crippen molar-refractivity contribution >= 4 is 23.8 Å². The molecule has 29 heavy (non-hydrogen) atoms. The smallest absolute Gasteiger partial charge is 0.378 e. The highest BCUT2D eigenvalue weighted by Crippen LogP contribution is 2.18. The monoisotopic (exact) mass is 399 g/mol. The number of hydrogen-bond acceptors (Lipinski definition) is 7. The summed E-state index contributed by atoms with van der Waals surface area (Å²) >= 11 is 0. The molecule has 1 aliphatic heterocycles. The van der Waals surface area contributed by atoms with Gasteiger partial charge in [-0.05, 0) is 25.0 Å². The summed E-state index contributed by atoms with van der Waals surface area (Å²) in [4.78, 5) is 36.6. The van der Waals surface area contributed by atoms with Crippen LogP contribution in [0.25, 0.3) is 5.65 Å². The minimum atomic E-state index is -0.602. The van der Waals surface area contributed by atoms with Crippen LogP contribution in [0.15, 0.2) is 34.3 Å². The Labute approximate surface area is 168 Å². The number of morpholine rings is 1. The number of anilines is 1. The van der Waals surface area contributed by atoms with Crippen molar-refractivity contribution in [3.63, 3.8) is 0 Å². The number of pyridine rings is 1. The van der Waals surface area contributed by atoms with Crippen molar-refractivity contribution in [2.45, 2.75) is 38.1 Å². The predicted octanol–water partition coefficient (Wildman–Crippen LogP) is 1.92. The van der Waals surface area contributed by atoms with Crippen molar-refractivity contribution < 1.29 is 14.4 Å². The molecule has 0 bridgehead atoms. The minimum absolute atomic E-state index is 0.128. The number of nitrogens with zero attached hydrogens (tertiary/aromatic N) is 4. The third-order valence-corrected chi connectivity index (χ3v) is 5.30. The molecule has 0 spiro atoms. The van der Waals surface area contributed by atoms with Crippen LogP contribution in [0.3, 0.4) is 0 Å². The van der Waals surface area contributed by atoms with E-state index in [1.54, 1.807) is 18.3 Å². The second kappa shape index (κ2) is 9.04. The number of carbonyl (C=O) groups is 1. The van der Waals surface area contributed by atoms with Gasteiger partial charge in [0.2, 0.25) is 0 Å². The quantitative estimate of drug-likeness (QED) is 0.479. The highest BCUT2D eigenvalue weighted by atomic mass is 16.7. The maximum absolute atomic E-state index is 13.0. The lowest BCUT2D eigenvalue weighted by atomic mass is 9.96. The van der Waals surface area contributed by atoms with Crippen LogP contribution in [-0.4, -0.2) is 54.0 Å². The summed E-state index contributed by atoms with van der Waals surface area (Å²) in [6, 6.07) is 5.50. The standard InChI is InChI=1S/C20H25N5O4/c26-19-16(14-21-29-20(27)22-15-6-2-1-3-7-15)18(24-10-12-28-13-11-24)23-17-8-4-5-9-25(17)19/h4-5,8-9,14-15H,1-3,6-7,10-13H2,(H,22,27)/b21-14+. The van der Waals surface area contributed by atoms with E-state index in [2.05, 4.69) is 15.5 Å². The molecule has 0 unspecified atom stereocenters. The van der Waals surface area contributed by atoms with Gasteiger partial charge >= 0.3 is 6.09 Å². The number of oxime groups is 1. The Morgan fingerprint density at radius 2 is 2.03 bits per heavy atom. The van der Waals surface area contributed by atoms with E-state index in [1.807, 2.05) is 11.0 Å². The van der Waals surface area contributed by atoms with E-state index in [-0.39, 0.29) is 17.2 Å². The van der Waals surface area contributed by atoms with Crippen LogP contribution in [0.5, 0.6) is 0 Å². The number of hydrogen-bond donors (Lipinski definition) is 1. The maximum Gasteiger partial charge on any atom is 0.433 e. The molecule has 0 aromatic carbocycles. The van der Waals surface area contributed by atoms with Crippen molar-refractivity contribution in [2.24, 2.45) is 5.16 Å². The van der Waals surface area contributed by atoms with Gasteiger partial charge in [-0.1, -0.05) is 30.5 Å². The molecule has 2 aliphatic rings. The molecule has 154 valence electrons. The van der Waals surface area contributed by atoms with Crippen molar-refractivity contribution in [2.75, 3.05) is 31.2 Å². The summed E-state index contributed by atoms with van der Waals surface area (Å²) in [5.41, 5.74) is 0.560. The van der Waals surface area contributed by atoms with Gasteiger partial charge in [0.15, 0.2) is 0 Å². The van der Waals surface area contributed by atoms with Gasteiger partial charge in [0, 0.05) is 25.3 Å². The molecule has 9 nitrogen and oxygen atoms in total. The minimum Gasteiger partial charge on any atom is -0.378 e. The molecule has 1 amide bonds. The molecular formula is C20H25N5O4. The second-order valence-electron chi connectivity index (χ2n) is 7.28. The van der Waals surface area contributed by atoms with Crippen molar-refractivity contribution in [3.05, 3.63) is 40.3 Å². The summed E-state index contributed by atoms with van der Waals surface area (Å²) in [6.45, 7) is 2.37. The summed E-state index contributed by atoms with van der Waals surface area (Å²) in [7, 11) is 0. The molecule has 2 aromatic heterocycles. The first kappa shape index (κ1) is 19.4. The van der Waals surface area contributed by atoms with Gasteiger partial charge in [-0.25, -0.2) is 9.78 Å². The van der Waals surface area contributed by atoms with E-state index < -0.39 is 6.09 Å². The van der Waals surface area contributed by atoms with E-state index in [0.29, 0.717) is 37.8 Å². The van der Waals surface area contributed by atoms with Crippen LogP contribution < -0.4 is 15.8 Å². The van der Waals surface area contributed by atoms with Crippen LogP contribution in [0.4, 0.5) is 10.6 Å². The number of aromatic nitrogens is 2. The van der Waals surface area contributed by atoms with Crippen molar-refractivity contribution in [1.82, 2.24) is 14.7 Å². The largest absolute Gasteiger partial charge is 0.433 e. The Hall–Kier alpha value is -2.94. The van der Waals surface area contributed by atoms with Crippen molar-refractivity contribution in [1.29, 1.82) is 0 Å². The van der Waals surface area contributed by atoms with Gasteiger partial charge in [-0.15, -0.1) is 0 Å². The maximum atomic E-state index is 13.0. The first-order valence-electron chi connectivity index (χ1n) is 10.1. The van der Waals surface area contributed by atoms with Crippen LogP contribution in [0, 0.1) is 0 Å². The zero-order chi connectivity index (χ0) is 20.1. The van der Waals surface area contributed by atoms with Gasteiger partial charge in [0.25, 0.3) is 5.56 Å². The summed E-state index contributed by atoms with van der Waals surface area (Å²) < 4.78 is 6.85. The first-order valence-corrected chi connectivity index (χ1v) is 10.1. The lowest BCUT2D eigenvalue weighted by molar-refractivity contribution is 0.122. The number of carbonyl (C=O) groups excluding carboxylic acids is 1. The van der Waals surface area contributed by atoms with Crippen molar-refractivity contribution in [3.8, 4) is 0 Å². The molecule has 0 atom stereocenters. The fourth-order valence-electron chi connectivity index (χ4n) is 3.79. The van der Waals surface area contributed by atoms with Gasteiger partial charge < -0.3 is 15.0 Å². The SMILES string of the molecule is O=C(NC1CCCCC1)O/N=C/c1c(N2CCOCC2)nc2ccccn2c1=O. The second-order valence-corrected chi connectivity index (χ2v) is 7.28. The van der Waals surface area contributed by atoms with Gasteiger partial charge in [0.1, 0.15) is 17.0 Å². The molecule has 4 rings (SSSR count). The van der Waals surface area contributed by atoms with Gasteiger partial charge in [-0.2, -0.15) is 0 Å². The van der Waals surface area contributed by atoms with Crippen LogP contribution in [0.2, 0.25) is 0 Å². The molecule has 2 fully saturated rings. The highest BCUT2D eigenvalue weighted by molar-refractivity contribution is 5.87. The molecule has 9 heteroatoms. The van der Waals surface area contributed by atoms with E-state index in [4.69, 9.17) is 9.57 Å². The number of nitrogens with one attached hydrogen (secondary N) is 1.